The van der Waals surface area contributed by atoms with Crippen molar-refractivity contribution in [2.45, 2.75) is 19.8 Å². The second kappa shape index (κ2) is 5.12. The Kier molecular flexibility index (Phi) is 4.41. The summed E-state index contributed by atoms with van der Waals surface area (Å²) >= 11 is 0. The van der Waals surface area contributed by atoms with Crippen LogP contribution < -0.4 is 4.90 Å². The molecule has 0 amide bonds. The molecule has 0 saturated carbocycles. The minimum Gasteiger partial charge on any atom is -0.372 e. The SMILES string of the molecule is Cc1ccc(N2CCCC2)cc1.[Y]. The van der Waals surface area contributed by atoms with Crippen molar-refractivity contribution in [1.29, 1.82) is 0 Å². The summed E-state index contributed by atoms with van der Waals surface area (Å²) in [7, 11) is 0. The van der Waals surface area contributed by atoms with E-state index in [1.54, 1.807) is 0 Å². The van der Waals surface area contributed by atoms with Gasteiger partial charge in [0.2, 0.25) is 0 Å². The van der Waals surface area contributed by atoms with E-state index in [0.29, 0.717) is 0 Å². The predicted octanol–water partition coefficient (Wildman–Crippen LogP) is 2.59. The van der Waals surface area contributed by atoms with E-state index in [9.17, 15) is 0 Å². The first kappa shape index (κ1) is 11.2. The van der Waals surface area contributed by atoms with E-state index in [-0.39, 0.29) is 32.7 Å². The zero-order valence-electron chi connectivity index (χ0n) is 8.16. The van der Waals surface area contributed by atoms with Crippen LogP contribution in [-0.4, -0.2) is 13.1 Å². The van der Waals surface area contributed by atoms with Crippen LogP contribution in [0.4, 0.5) is 5.69 Å². The molecule has 1 radical (unpaired) electrons. The van der Waals surface area contributed by atoms with Crippen LogP contribution in [-0.2, 0) is 32.7 Å². The summed E-state index contributed by atoms with van der Waals surface area (Å²) in [4.78, 5) is 2.46. The number of nitrogens with zero attached hydrogens (tertiary/aromatic N) is 1. The molecule has 2 heteroatoms. The van der Waals surface area contributed by atoms with E-state index in [1.807, 2.05) is 0 Å². The topological polar surface area (TPSA) is 3.24 Å². The molecule has 0 N–H and O–H groups in total. The van der Waals surface area contributed by atoms with E-state index in [4.69, 9.17) is 0 Å². The van der Waals surface area contributed by atoms with E-state index in [2.05, 4.69) is 36.1 Å². The third-order valence-corrected chi connectivity index (χ3v) is 2.51. The Labute approximate surface area is 105 Å². The van der Waals surface area contributed by atoms with Gasteiger partial charge in [-0.15, -0.1) is 0 Å². The first-order valence-corrected chi connectivity index (χ1v) is 4.68. The molecule has 1 aromatic carbocycles. The Hall–Kier alpha value is 0.124. The van der Waals surface area contributed by atoms with Gasteiger partial charge in [0.15, 0.2) is 0 Å². The van der Waals surface area contributed by atoms with Gasteiger partial charge in [-0.2, -0.15) is 0 Å². The summed E-state index contributed by atoms with van der Waals surface area (Å²) in [5.41, 5.74) is 2.73. The first-order chi connectivity index (χ1) is 5.86. The zero-order chi connectivity index (χ0) is 8.39. The Bertz CT molecular complexity index is 249. The van der Waals surface area contributed by atoms with Gasteiger partial charge in [-0.1, -0.05) is 17.7 Å². The molecule has 0 atom stereocenters. The average molecular weight is 250 g/mol. The second-order valence-corrected chi connectivity index (χ2v) is 3.53. The summed E-state index contributed by atoms with van der Waals surface area (Å²) in [5.74, 6) is 0. The van der Waals surface area contributed by atoms with E-state index in [0.717, 1.165) is 0 Å². The summed E-state index contributed by atoms with van der Waals surface area (Å²) in [6, 6.07) is 8.82. The second-order valence-electron chi connectivity index (χ2n) is 3.53. The first-order valence-electron chi connectivity index (χ1n) is 4.68. The largest absolute Gasteiger partial charge is 0.372 e. The molecule has 0 bridgehead atoms. The fourth-order valence-electron chi connectivity index (χ4n) is 1.73. The summed E-state index contributed by atoms with van der Waals surface area (Å²) < 4.78 is 0. The average Bonchev–Trinajstić information content (AvgIpc) is 2.58. The Balaban J connectivity index is 0.000000845. The van der Waals surface area contributed by atoms with E-state index in [1.165, 1.54) is 37.2 Å². The molecule has 0 aromatic heterocycles. The standard InChI is InChI=1S/C11H15N.Y/c1-10-4-6-11(7-5-10)12-8-2-3-9-12;/h4-7H,2-3,8-9H2,1H3;. The molecule has 0 unspecified atom stereocenters. The quantitative estimate of drug-likeness (QED) is 0.740. The Morgan fingerprint density at radius 2 is 1.54 bits per heavy atom. The summed E-state index contributed by atoms with van der Waals surface area (Å²) in [6.07, 6.45) is 2.71. The zero-order valence-corrected chi connectivity index (χ0v) is 11.0. The molecular formula is C11H15NY. The summed E-state index contributed by atoms with van der Waals surface area (Å²) in [5, 5.41) is 0. The van der Waals surface area contributed by atoms with Crippen LogP contribution in [0.25, 0.3) is 0 Å². The predicted molar refractivity (Wildman–Crippen MR) is 52.6 cm³/mol. The normalized spacial score (nSPS) is 15.6. The van der Waals surface area contributed by atoms with Gasteiger partial charge in [0.05, 0.1) is 0 Å². The van der Waals surface area contributed by atoms with Crippen molar-refractivity contribution in [1.82, 2.24) is 0 Å². The van der Waals surface area contributed by atoms with Crippen molar-refractivity contribution in [2.24, 2.45) is 0 Å². The van der Waals surface area contributed by atoms with Crippen LogP contribution in [0.5, 0.6) is 0 Å². The van der Waals surface area contributed by atoms with Gasteiger partial charge in [-0.25, -0.2) is 0 Å². The molecule has 1 aliphatic heterocycles. The van der Waals surface area contributed by atoms with Crippen molar-refractivity contribution < 1.29 is 32.7 Å². The van der Waals surface area contributed by atoms with Crippen LogP contribution in [0, 0.1) is 6.92 Å². The van der Waals surface area contributed by atoms with E-state index >= 15 is 0 Å². The molecule has 1 fully saturated rings. The van der Waals surface area contributed by atoms with Crippen LogP contribution in [0.2, 0.25) is 0 Å². The maximum atomic E-state index is 2.46. The molecule has 13 heavy (non-hydrogen) atoms. The molecule has 1 nitrogen and oxygen atoms in total. The van der Waals surface area contributed by atoms with Crippen molar-refractivity contribution in [3.8, 4) is 0 Å². The van der Waals surface area contributed by atoms with Gasteiger partial charge in [-0.05, 0) is 31.9 Å². The number of anilines is 1. The molecule has 1 aromatic rings. The Morgan fingerprint density at radius 1 is 1.00 bits per heavy atom. The minimum atomic E-state index is 0. The van der Waals surface area contributed by atoms with Gasteiger partial charge >= 0.3 is 0 Å². The maximum absolute atomic E-state index is 2.46. The van der Waals surface area contributed by atoms with Crippen molar-refractivity contribution in [3.05, 3.63) is 29.8 Å². The molecule has 1 heterocycles. The van der Waals surface area contributed by atoms with Gasteiger partial charge in [-0.3, -0.25) is 0 Å². The van der Waals surface area contributed by atoms with Crippen molar-refractivity contribution >= 4 is 5.69 Å². The fourth-order valence-corrected chi connectivity index (χ4v) is 1.73. The number of hydrogen-bond acceptors (Lipinski definition) is 1. The summed E-state index contributed by atoms with van der Waals surface area (Å²) in [6.45, 7) is 4.61. The van der Waals surface area contributed by atoms with Gasteiger partial charge in [0.1, 0.15) is 0 Å². The molecule has 0 aliphatic carbocycles. The third-order valence-electron chi connectivity index (χ3n) is 2.51. The number of benzene rings is 1. The van der Waals surface area contributed by atoms with Crippen LogP contribution in [0.1, 0.15) is 18.4 Å². The molecule has 2 rings (SSSR count). The van der Waals surface area contributed by atoms with Gasteiger partial charge in [0.25, 0.3) is 0 Å². The third kappa shape index (κ3) is 2.78. The number of aryl methyl sites for hydroxylation is 1. The molecular weight excluding hydrogens is 235 g/mol. The maximum Gasteiger partial charge on any atom is 0.0366 e. The number of rotatable bonds is 1. The van der Waals surface area contributed by atoms with Crippen LogP contribution in [0.15, 0.2) is 24.3 Å². The molecule has 0 spiro atoms. The monoisotopic (exact) mass is 250 g/mol. The van der Waals surface area contributed by atoms with Crippen molar-refractivity contribution in [2.75, 3.05) is 18.0 Å². The number of hydrogen-bond donors (Lipinski definition) is 0. The van der Waals surface area contributed by atoms with Gasteiger partial charge < -0.3 is 4.90 Å². The molecule has 67 valence electrons. The molecule has 1 aliphatic rings. The van der Waals surface area contributed by atoms with E-state index < -0.39 is 0 Å². The van der Waals surface area contributed by atoms with Gasteiger partial charge in [0, 0.05) is 51.5 Å². The van der Waals surface area contributed by atoms with Crippen LogP contribution in [0.3, 0.4) is 0 Å². The Morgan fingerprint density at radius 3 is 2.08 bits per heavy atom. The smallest absolute Gasteiger partial charge is 0.0366 e. The fraction of sp³-hybridized carbons (Fsp3) is 0.455. The van der Waals surface area contributed by atoms with Crippen molar-refractivity contribution in [3.63, 3.8) is 0 Å². The van der Waals surface area contributed by atoms with Crippen LogP contribution >= 0.6 is 0 Å². The molecule has 1 saturated heterocycles. The minimum absolute atomic E-state index is 0.